The van der Waals surface area contributed by atoms with Crippen molar-refractivity contribution in [3.05, 3.63) is 78.9 Å². The van der Waals surface area contributed by atoms with E-state index in [1.165, 1.54) is 16.2 Å². The van der Waals surface area contributed by atoms with Gasteiger partial charge in [0, 0.05) is 21.3 Å². The minimum Gasteiger partial charge on any atom is -0.479 e. The third-order valence-corrected chi connectivity index (χ3v) is 9.24. The van der Waals surface area contributed by atoms with Crippen LogP contribution in [0.4, 0.5) is 4.79 Å². The molecule has 1 unspecified atom stereocenters. The lowest BCUT2D eigenvalue weighted by Gasteiger charge is -2.28. The summed E-state index contributed by atoms with van der Waals surface area (Å²) in [5.41, 5.74) is 4.56. The van der Waals surface area contributed by atoms with Crippen molar-refractivity contribution in [1.29, 1.82) is 0 Å². The molecule has 5 rings (SSSR count). The van der Waals surface area contributed by atoms with Crippen LogP contribution in [0.5, 0.6) is 0 Å². The number of thiophene rings is 1. The van der Waals surface area contributed by atoms with Gasteiger partial charge in [0.05, 0.1) is 3.79 Å². The van der Waals surface area contributed by atoms with E-state index in [2.05, 4.69) is 56.1 Å². The zero-order valence-corrected chi connectivity index (χ0v) is 20.8. The molecule has 1 saturated carbocycles. The smallest absolute Gasteiger partial charge is 0.411 e. The van der Waals surface area contributed by atoms with E-state index in [9.17, 15) is 14.7 Å². The Morgan fingerprint density at radius 2 is 1.66 bits per heavy atom. The highest BCUT2D eigenvalue weighted by Gasteiger charge is 2.44. The van der Waals surface area contributed by atoms with Crippen LogP contribution in [0.25, 0.3) is 11.1 Å². The lowest BCUT2D eigenvalue weighted by Crippen LogP contribution is -2.41. The average molecular weight is 577 g/mol. The van der Waals surface area contributed by atoms with E-state index in [4.69, 9.17) is 4.74 Å². The Hall–Kier alpha value is -2.16. The summed E-state index contributed by atoms with van der Waals surface area (Å²) in [6.45, 7) is 0.167. The number of halogens is 2. The van der Waals surface area contributed by atoms with Crippen molar-refractivity contribution in [2.45, 2.75) is 30.8 Å². The highest BCUT2D eigenvalue weighted by Crippen LogP contribution is 2.45. The largest absolute Gasteiger partial charge is 0.479 e. The van der Waals surface area contributed by atoms with Crippen LogP contribution in [0.2, 0.25) is 0 Å². The van der Waals surface area contributed by atoms with Crippen LogP contribution in [0, 0.1) is 0 Å². The van der Waals surface area contributed by atoms with Crippen molar-refractivity contribution in [2.24, 2.45) is 0 Å². The molecule has 0 spiro atoms. The predicted molar refractivity (Wildman–Crippen MR) is 130 cm³/mol. The van der Waals surface area contributed by atoms with E-state index in [-0.39, 0.29) is 18.6 Å². The molecule has 32 heavy (non-hydrogen) atoms. The van der Waals surface area contributed by atoms with Gasteiger partial charge >= 0.3 is 12.1 Å². The first-order chi connectivity index (χ1) is 15.5. The second kappa shape index (κ2) is 8.65. The summed E-state index contributed by atoms with van der Waals surface area (Å²) in [5.74, 6) is -1.13. The summed E-state index contributed by atoms with van der Waals surface area (Å²) in [6, 6.07) is 16.8. The quantitative estimate of drug-likeness (QED) is 0.350. The summed E-state index contributed by atoms with van der Waals surface area (Å²) in [6.07, 6.45) is 0.978. The van der Waals surface area contributed by atoms with Crippen molar-refractivity contribution in [3.8, 4) is 11.1 Å². The summed E-state index contributed by atoms with van der Waals surface area (Å²) < 4.78 is 7.36. The van der Waals surface area contributed by atoms with Crippen LogP contribution in [-0.2, 0) is 9.53 Å². The lowest BCUT2D eigenvalue weighted by molar-refractivity contribution is -0.143. The maximum absolute atomic E-state index is 13.2. The molecule has 1 N–H and O–H groups in total. The first kappa shape index (κ1) is 21.7. The maximum Gasteiger partial charge on any atom is 0.411 e. The molecule has 1 amide bonds. The van der Waals surface area contributed by atoms with Crippen LogP contribution in [0.1, 0.15) is 40.8 Å². The highest BCUT2D eigenvalue weighted by molar-refractivity contribution is 9.13. The summed E-state index contributed by atoms with van der Waals surface area (Å²) in [7, 11) is 0. The summed E-state index contributed by atoms with van der Waals surface area (Å²) in [5, 5.41) is 9.99. The van der Waals surface area contributed by atoms with E-state index >= 15 is 0 Å². The molecule has 3 aromatic rings. The number of fused-ring (bicyclic) bond motifs is 3. The number of hydrogen-bond donors (Lipinski definition) is 1. The Balaban J connectivity index is 1.40. The number of aliphatic carboxylic acids is 1. The number of carboxylic acid groups (broad SMARTS) is 1. The molecule has 2 aliphatic rings. The number of amides is 1. The molecule has 2 aliphatic carbocycles. The molecule has 5 nitrogen and oxygen atoms in total. The van der Waals surface area contributed by atoms with Gasteiger partial charge < -0.3 is 9.84 Å². The molecule has 1 fully saturated rings. The van der Waals surface area contributed by atoms with Gasteiger partial charge in [-0.1, -0.05) is 48.5 Å². The SMILES string of the molecule is O=C(O)C(c1cc(Br)c(Br)s1)N(C(=O)OCC1c2ccccc2-c2ccccc21)C1CC1. The number of carbonyl (C=O) groups excluding carboxylic acids is 1. The third kappa shape index (κ3) is 3.89. The van der Waals surface area contributed by atoms with Crippen LogP contribution < -0.4 is 0 Å². The van der Waals surface area contributed by atoms with Gasteiger partial charge in [0.2, 0.25) is 0 Å². The number of ether oxygens (including phenoxy) is 1. The topological polar surface area (TPSA) is 66.8 Å². The highest BCUT2D eigenvalue weighted by atomic mass is 79.9. The van der Waals surface area contributed by atoms with Crippen molar-refractivity contribution >= 4 is 55.3 Å². The van der Waals surface area contributed by atoms with Gasteiger partial charge in [-0.2, -0.15) is 0 Å². The van der Waals surface area contributed by atoms with Crippen LogP contribution in [0.3, 0.4) is 0 Å². The molecule has 2 aromatic carbocycles. The van der Waals surface area contributed by atoms with Gasteiger partial charge in [-0.15, -0.1) is 11.3 Å². The van der Waals surface area contributed by atoms with E-state index in [0.717, 1.165) is 43.4 Å². The Bertz CT molecular complexity index is 1140. The van der Waals surface area contributed by atoms with Gasteiger partial charge in [-0.25, -0.2) is 9.59 Å². The first-order valence-electron chi connectivity index (χ1n) is 10.3. The predicted octanol–water partition coefficient (Wildman–Crippen LogP) is 6.81. The average Bonchev–Trinajstić information content (AvgIpc) is 3.49. The maximum atomic E-state index is 13.2. The fraction of sp³-hybridized carbons (Fsp3) is 0.250. The molecular formula is C24H19Br2NO4S. The van der Waals surface area contributed by atoms with E-state index < -0.39 is 18.1 Å². The van der Waals surface area contributed by atoms with E-state index in [0.29, 0.717) is 4.88 Å². The third-order valence-electron chi connectivity index (χ3n) is 5.93. The Morgan fingerprint density at radius 3 is 2.16 bits per heavy atom. The molecule has 0 aliphatic heterocycles. The summed E-state index contributed by atoms with van der Waals surface area (Å²) in [4.78, 5) is 27.4. The summed E-state index contributed by atoms with van der Waals surface area (Å²) >= 11 is 8.14. The van der Waals surface area contributed by atoms with Gasteiger partial charge in [0.15, 0.2) is 6.04 Å². The van der Waals surface area contributed by atoms with Crippen LogP contribution in [0.15, 0.2) is 62.9 Å². The van der Waals surface area contributed by atoms with Crippen LogP contribution in [-0.4, -0.2) is 34.7 Å². The number of nitrogens with zero attached hydrogens (tertiary/aromatic N) is 1. The molecule has 1 atom stereocenters. The van der Waals surface area contributed by atoms with Crippen molar-refractivity contribution in [1.82, 2.24) is 4.90 Å². The lowest BCUT2D eigenvalue weighted by atomic mass is 9.98. The standard InChI is InChI=1S/C24H19Br2NO4S/c25-19-11-20(32-22(19)26)21(23(28)29)27(13-9-10-13)24(30)31-12-18-16-7-3-1-5-14(16)15-6-2-4-8-17(15)18/h1-8,11,13,18,21H,9-10,12H2,(H,28,29). The Morgan fingerprint density at radius 1 is 1.06 bits per heavy atom. The van der Waals surface area contributed by atoms with Gasteiger partial charge in [-0.05, 0) is 73.0 Å². The van der Waals surface area contributed by atoms with E-state index in [1.807, 2.05) is 24.3 Å². The Labute approximate surface area is 206 Å². The molecule has 164 valence electrons. The molecule has 1 aromatic heterocycles. The fourth-order valence-electron chi connectivity index (χ4n) is 4.36. The zero-order valence-electron chi connectivity index (χ0n) is 16.8. The first-order valence-corrected chi connectivity index (χ1v) is 12.7. The zero-order chi connectivity index (χ0) is 22.4. The van der Waals surface area contributed by atoms with Crippen molar-refractivity contribution in [2.75, 3.05) is 6.61 Å². The fourth-order valence-corrected chi connectivity index (χ4v) is 6.54. The van der Waals surface area contributed by atoms with Crippen molar-refractivity contribution in [3.63, 3.8) is 0 Å². The van der Waals surface area contributed by atoms with Gasteiger partial charge in [0.1, 0.15) is 6.61 Å². The van der Waals surface area contributed by atoms with Gasteiger partial charge in [-0.3, -0.25) is 4.90 Å². The normalized spacial score (nSPS) is 15.7. The molecule has 1 heterocycles. The molecular weight excluding hydrogens is 558 g/mol. The number of benzene rings is 2. The number of rotatable bonds is 6. The molecule has 0 radical (unpaired) electrons. The monoisotopic (exact) mass is 575 g/mol. The minimum absolute atomic E-state index is 0.0688. The van der Waals surface area contributed by atoms with E-state index in [1.54, 1.807) is 6.07 Å². The number of carboxylic acids is 1. The second-order valence-corrected chi connectivity index (χ2v) is 11.2. The van der Waals surface area contributed by atoms with Crippen molar-refractivity contribution < 1.29 is 19.4 Å². The Kier molecular flexibility index (Phi) is 5.86. The molecule has 0 saturated heterocycles. The molecule has 8 heteroatoms. The van der Waals surface area contributed by atoms with Gasteiger partial charge in [0.25, 0.3) is 0 Å². The minimum atomic E-state index is -1.08. The second-order valence-electron chi connectivity index (χ2n) is 7.95. The number of carbonyl (C=O) groups is 2. The molecule has 0 bridgehead atoms. The number of hydrogen-bond acceptors (Lipinski definition) is 4. The van der Waals surface area contributed by atoms with Crippen LogP contribution >= 0.6 is 43.2 Å².